The van der Waals surface area contributed by atoms with Crippen molar-refractivity contribution >= 4 is 5.78 Å². The molecule has 0 aromatic heterocycles. The van der Waals surface area contributed by atoms with Gasteiger partial charge in [0.2, 0.25) is 0 Å². The van der Waals surface area contributed by atoms with Crippen LogP contribution in [0.5, 0.6) is 0 Å². The van der Waals surface area contributed by atoms with Gasteiger partial charge in [0.25, 0.3) is 0 Å². The molecule has 0 aromatic rings. The van der Waals surface area contributed by atoms with Crippen molar-refractivity contribution in [3.05, 3.63) is 12.2 Å². The highest BCUT2D eigenvalue weighted by Crippen LogP contribution is 2.16. The maximum atomic E-state index is 11.1. The molecule has 0 spiro atoms. The highest BCUT2D eigenvalue weighted by atomic mass is 16.1. The third-order valence-electron chi connectivity index (χ3n) is 2.12. The smallest absolute Gasteiger partial charge is 0.133 e. The number of ketones is 1. The molecule has 0 heterocycles. The molecule has 0 aromatic carbocycles. The minimum atomic E-state index is 0.216. The van der Waals surface area contributed by atoms with E-state index in [9.17, 15) is 4.79 Å². The van der Waals surface area contributed by atoms with E-state index in [1.165, 1.54) is 0 Å². The van der Waals surface area contributed by atoms with Gasteiger partial charge in [0, 0.05) is 5.92 Å². The van der Waals surface area contributed by atoms with E-state index in [0.717, 1.165) is 12.8 Å². The molecule has 0 aliphatic heterocycles. The molecular weight excluding hydrogens is 148 g/mol. The van der Waals surface area contributed by atoms with Gasteiger partial charge >= 0.3 is 0 Å². The number of rotatable bonds is 5. The van der Waals surface area contributed by atoms with Gasteiger partial charge in [-0.2, -0.15) is 0 Å². The number of hydrogen-bond acceptors (Lipinski definition) is 1. The molecule has 0 bridgehead atoms. The van der Waals surface area contributed by atoms with Crippen LogP contribution >= 0.6 is 0 Å². The zero-order chi connectivity index (χ0) is 9.56. The third-order valence-corrected chi connectivity index (χ3v) is 2.12. The third kappa shape index (κ3) is 4.32. The van der Waals surface area contributed by atoms with E-state index in [-0.39, 0.29) is 5.92 Å². The summed E-state index contributed by atoms with van der Waals surface area (Å²) in [5.74, 6) is 0.988. The van der Waals surface area contributed by atoms with E-state index in [1.54, 1.807) is 6.92 Å². The van der Waals surface area contributed by atoms with Crippen molar-refractivity contribution in [3.63, 3.8) is 0 Å². The van der Waals surface area contributed by atoms with Gasteiger partial charge in [-0.25, -0.2) is 0 Å². The molecule has 0 saturated carbocycles. The largest absolute Gasteiger partial charge is 0.300 e. The van der Waals surface area contributed by atoms with E-state index in [1.807, 2.05) is 0 Å². The highest BCUT2D eigenvalue weighted by Gasteiger charge is 2.15. The summed E-state index contributed by atoms with van der Waals surface area (Å²) < 4.78 is 0. The number of carbonyl (C=O) groups is 1. The Morgan fingerprint density at radius 2 is 1.92 bits per heavy atom. The molecule has 12 heavy (non-hydrogen) atoms. The summed E-state index contributed by atoms with van der Waals surface area (Å²) in [7, 11) is 0. The van der Waals surface area contributed by atoms with Gasteiger partial charge in [0.15, 0.2) is 0 Å². The van der Waals surface area contributed by atoms with Crippen molar-refractivity contribution in [2.24, 2.45) is 11.8 Å². The van der Waals surface area contributed by atoms with E-state index < -0.39 is 0 Å². The second-order valence-electron chi connectivity index (χ2n) is 3.58. The van der Waals surface area contributed by atoms with Crippen LogP contribution in [0.1, 0.15) is 40.5 Å². The van der Waals surface area contributed by atoms with Crippen molar-refractivity contribution in [3.8, 4) is 0 Å². The number of Topliss-reactive ketones (excluding diaryl/α,β-unsaturated/α-hetero) is 1. The Balaban J connectivity index is 3.97. The molecule has 70 valence electrons. The van der Waals surface area contributed by atoms with Gasteiger partial charge in [-0.05, 0) is 25.7 Å². The van der Waals surface area contributed by atoms with E-state index in [2.05, 4.69) is 32.9 Å². The standard InChI is InChI=1S/C11H20O/c1-5-6-7-8-11(9(2)3)10(4)12/h6-7,9,11H,5,8H2,1-4H3/b7-6+. The van der Waals surface area contributed by atoms with Crippen LogP contribution in [0.15, 0.2) is 12.2 Å². The monoisotopic (exact) mass is 168 g/mol. The van der Waals surface area contributed by atoms with Crippen molar-refractivity contribution in [2.45, 2.75) is 40.5 Å². The number of carbonyl (C=O) groups excluding carboxylic acids is 1. The zero-order valence-corrected chi connectivity index (χ0v) is 8.63. The summed E-state index contributed by atoms with van der Waals surface area (Å²) in [6.45, 7) is 8.00. The Hall–Kier alpha value is -0.590. The molecule has 1 heteroatoms. The Labute approximate surface area is 75.9 Å². The minimum Gasteiger partial charge on any atom is -0.300 e. The topological polar surface area (TPSA) is 17.1 Å². The van der Waals surface area contributed by atoms with Crippen LogP contribution in [0, 0.1) is 11.8 Å². The predicted octanol–water partition coefficient (Wildman–Crippen LogP) is 3.20. The summed E-state index contributed by atoms with van der Waals surface area (Å²) in [4.78, 5) is 11.1. The maximum absolute atomic E-state index is 11.1. The lowest BCUT2D eigenvalue weighted by molar-refractivity contribution is -0.121. The van der Waals surface area contributed by atoms with E-state index in [0.29, 0.717) is 11.7 Å². The van der Waals surface area contributed by atoms with Crippen LogP contribution < -0.4 is 0 Å². The van der Waals surface area contributed by atoms with Crippen LogP contribution in [0.25, 0.3) is 0 Å². The summed E-state index contributed by atoms with van der Waals surface area (Å²) in [5.41, 5.74) is 0. The summed E-state index contributed by atoms with van der Waals surface area (Å²) in [5, 5.41) is 0. The second kappa shape index (κ2) is 5.99. The van der Waals surface area contributed by atoms with Crippen molar-refractivity contribution in [2.75, 3.05) is 0 Å². The molecule has 0 fully saturated rings. The molecule has 0 aliphatic rings. The van der Waals surface area contributed by atoms with Crippen LogP contribution in [-0.2, 0) is 4.79 Å². The molecule has 1 atom stereocenters. The van der Waals surface area contributed by atoms with Gasteiger partial charge < -0.3 is 0 Å². The average molecular weight is 168 g/mol. The van der Waals surface area contributed by atoms with E-state index >= 15 is 0 Å². The molecule has 0 rings (SSSR count). The summed E-state index contributed by atoms with van der Waals surface area (Å²) in [6, 6.07) is 0. The Morgan fingerprint density at radius 1 is 1.33 bits per heavy atom. The van der Waals surface area contributed by atoms with Crippen molar-refractivity contribution in [1.29, 1.82) is 0 Å². The zero-order valence-electron chi connectivity index (χ0n) is 8.63. The molecule has 0 saturated heterocycles. The van der Waals surface area contributed by atoms with Crippen molar-refractivity contribution in [1.82, 2.24) is 0 Å². The maximum Gasteiger partial charge on any atom is 0.133 e. The van der Waals surface area contributed by atoms with Gasteiger partial charge in [-0.15, -0.1) is 0 Å². The quantitative estimate of drug-likeness (QED) is 0.576. The molecular formula is C11H20O. The molecule has 0 amide bonds. The average Bonchev–Trinajstić information content (AvgIpc) is 1.96. The highest BCUT2D eigenvalue weighted by molar-refractivity contribution is 5.78. The lowest BCUT2D eigenvalue weighted by atomic mass is 9.89. The molecule has 0 aliphatic carbocycles. The first-order chi connectivity index (χ1) is 5.59. The van der Waals surface area contributed by atoms with Crippen molar-refractivity contribution < 1.29 is 4.79 Å². The Kier molecular flexibility index (Phi) is 5.69. The lowest BCUT2D eigenvalue weighted by Crippen LogP contribution is -2.16. The first-order valence-corrected chi connectivity index (χ1v) is 4.75. The summed E-state index contributed by atoms with van der Waals surface area (Å²) in [6.07, 6.45) is 6.20. The number of hydrogen-bond donors (Lipinski definition) is 0. The second-order valence-corrected chi connectivity index (χ2v) is 3.58. The molecule has 0 N–H and O–H groups in total. The molecule has 1 nitrogen and oxygen atoms in total. The minimum absolute atomic E-state index is 0.216. The normalized spacial score (nSPS) is 14.1. The Morgan fingerprint density at radius 3 is 2.25 bits per heavy atom. The molecule has 0 radical (unpaired) electrons. The van der Waals surface area contributed by atoms with Gasteiger partial charge in [0.05, 0.1) is 0 Å². The lowest BCUT2D eigenvalue weighted by Gasteiger charge is -2.14. The van der Waals surface area contributed by atoms with Crippen LogP contribution in [-0.4, -0.2) is 5.78 Å². The van der Waals surface area contributed by atoms with Crippen LogP contribution in [0.4, 0.5) is 0 Å². The predicted molar refractivity (Wildman–Crippen MR) is 53.1 cm³/mol. The first-order valence-electron chi connectivity index (χ1n) is 4.75. The molecule has 1 unspecified atom stereocenters. The number of allylic oxidation sites excluding steroid dienone is 2. The first kappa shape index (κ1) is 11.4. The summed E-state index contributed by atoms with van der Waals surface area (Å²) >= 11 is 0. The SMILES string of the molecule is CC/C=C/CC(C(C)=O)C(C)C. The van der Waals surface area contributed by atoms with Gasteiger partial charge in [0.1, 0.15) is 5.78 Å². The van der Waals surface area contributed by atoms with Gasteiger partial charge in [-0.1, -0.05) is 32.9 Å². The fourth-order valence-corrected chi connectivity index (χ4v) is 1.32. The van der Waals surface area contributed by atoms with Gasteiger partial charge in [-0.3, -0.25) is 4.79 Å². The van der Waals surface area contributed by atoms with E-state index in [4.69, 9.17) is 0 Å². The Bertz CT molecular complexity index is 156. The van der Waals surface area contributed by atoms with Crippen LogP contribution in [0.3, 0.4) is 0 Å². The fourth-order valence-electron chi connectivity index (χ4n) is 1.32. The fraction of sp³-hybridized carbons (Fsp3) is 0.727. The van der Waals surface area contributed by atoms with Crippen LogP contribution in [0.2, 0.25) is 0 Å².